The Kier molecular flexibility index (Phi) is 3.66. The van der Waals surface area contributed by atoms with Crippen LogP contribution in [0.3, 0.4) is 0 Å². The van der Waals surface area contributed by atoms with Gasteiger partial charge in [0, 0.05) is 38.1 Å². The van der Waals surface area contributed by atoms with Crippen molar-refractivity contribution in [2.45, 2.75) is 25.8 Å². The Morgan fingerprint density at radius 2 is 1.95 bits per heavy atom. The van der Waals surface area contributed by atoms with Gasteiger partial charge in [0.25, 0.3) is 0 Å². The maximum absolute atomic E-state index is 5.26. The van der Waals surface area contributed by atoms with Crippen molar-refractivity contribution in [3.63, 3.8) is 0 Å². The highest BCUT2D eigenvalue weighted by atomic mass is 16.5. The third kappa shape index (κ3) is 2.72. The molecule has 0 atom stereocenters. The maximum atomic E-state index is 5.26. The highest BCUT2D eigenvalue weighted by Crippen LogP contribution is 2.18. The third-order valence-corrected chi connectivity index (χ3v) is 3.99. The van der Waals surface area contributed by atoms with Gasteiger partial charge in [-0.05, 0) is 12.0 Å². The second-order valence-corrected chi connectivity index (χ2v) is 5.65. The number of nitrogens with zero attached hydrogens (tertiary/aromatic N) is 4. The van der Waals surface area contributed by atoms with Gasteiger partial charge in [0.1, 0.15) is 0 Å². The molecule has 0 bridgehead atoms. The van der Waals surface area contributed by atoms with Crippen LogP contribution in [-0.2, 0) is 4.74 Å². The molecule has 0 aliphatic carbocycles. The summed E-state index contributed by atoms with van der Waals surface area (Å²) < 4.78 is 5.26. The number of hydrogen-bond donors (Lipinski definition) is 0. The van der Waals surface area contributed by atoms with Gasteiger partial charge in [0.05, 0.1) is 19.3 Å². The summed E-state index contributed by atoms with van der Waals surface area (Å²) in [4.78, 5) is 13.9. The lowest BCUT2D eigenvalue weighted by atomic mass is 10.1. The molecule has 3 rings (SSSR count). The predicted molar refractivity (Wildman–Crippen MR) is 74.5 cm³/mol. The number of anilines is 1. The number of hydrogen-bond acceptors (Lipinski definition) is 5. The van der Waals surface area contributed by atoms with E-state index in [1.807, 2.05) is 12.3 Å². The monoisotopic (exact) mass is 262 g/mol. The summed E-state index contributed by atoms with van der Waals surface area (Å²) in [5.41, 5.74) is 1.12. The topological polar surface area (TPSA) is 41.5 Å². The molecular formula is C14H22N4O. The average Bonchev–Trinajstić information content (AvgIpc) is 2.38. The number of rotatable bonds is 3. The smallest absolute Gasteiger partial charge is 0.225 e. The van der Waals surface area contributed by atoms with E-state index in [1.54, 1.807) is 0 Å². The number of piperazine rings is 1. The second kappa shape index (κ2) is 5.43. The van der Waals surface area contributed by atoms with Crippen molar-refractivity contribution in [3.8, 4) is 0 Å². The van der Waals surface area contributed by atoms with Crippen LogP contribution in [0.15, 0.2) is 12.3 Å². The zero-order chi connectivity index (χ0) is 13.2. The van der Waals surface area contributed by atoms with E-state index in [1.165, 1.54) is 0 Å². The highest BCUT2D eigenvalue weighted by molar-refractivity contribution is 5.31. The Labute approximate surface area is 114 Å². The molecule has 104 valence electrons. The molecule has 2 aliphatic rings. The van der Waals surface area contributed by atoms with E-state index in [2.05, 4.69) is 33.6 Å². The first kappa shape index (κ1) is 12.8. The van der Waals surface area contributed by atoms with E-state index >= 15 is 0 Å². The van der Waals surface area contributed by atoms with Gasteiger partial charge >= 0.3 is 0 Å². The molecule has 0 saturated carbocycles. The summed E-state index contributed by atoms with van der Waals surface area (Å²) in [5, 5.41) is 0. The van der Waals surface area contributed by atoms with Crippen molar-refractivity contribution in [1.29, 1.82) is 0 Å². The summed E-state index contributed by atoms with van der Waals surface area (Å²) in [6.45, 7) is 10.3. The molecule has 5 heteroatoms. The molecule has 0 N–H and O–H groups in total. The molecule has 5 nitrogen and oxygen atoms in total. The van der Waals surface area contributed by atoms with Gasteiger partial charge < -0.3 is 9.64 Å². The minimum atomic E-state index is 0.454. The quantitative estimate of drug-likeness (QED) is 0.816. The summed E-state index contributed by atoms with van der Waals surface area (Å²) in [6.07, 6.45) is 1.88. The van der Waals surface area contributed by atoms with Crippen molar-refractivity contribution in [2.24, 2.45) is 0 Å². The fourth-order valence-electron chi connectivity index (χ4n) is 2.56. The molecule has 2 aliphatic heterocycles. The summed E-state index contributed by atoms with van der Waals surface area (Å²) in [7, 11) is 0. The van der Waals surface area contributed by atoms with Crippen molar-refractivity contribution >= 4 is 5.95 Å². The molecule has 2 saturated heterocycles. The Hall–Kier alpha value is -1.20. The molecule has 0 unspecified atom stereocenters. The molecular weight excluding hydrogens is 240 g/mol. The van der Waals surface area contributed by atoms with Crippen molar-refractivity contribution in [2.75, 3.05) is 44.3 Å². The predicted octanol–water partition coefficient (Wildman–Crippen LogP) is 1.12. The number of ether oxygens (including phenoxy) is 1. The zero-order valence-electron chi connectivity index (χ0n) is 11.7. The Bertz CT molecular complexity index is 425. The van der Waals surface area contributed by atoms with Gasteiger partial charge in [-0.3, -0.25) is 4.90 Å². The van der Waals surface area contributed by atoms with Crippen molar-refractivity contribution in [3.05, 3.63) is 18.0 Å². The normalized spacial score (nSPS) is 21.7. The summed E-state index contributed by atoms with van der Waals surface area (Å²) in [6, 6.07) is 2.65. The average molecular weight is 262 g/mol. The molecule has 0 radical (unpaired) electrons. The lowest BCUT2D eigenvalue weighted by Crippen LogP contribution is -2.56. The van der Waals surface area contributed by atoms with E-state index in [-0.39, 0.29) is 0 Å². The first-order chi connectivity index (χ1) is 9.24. The van der Waals surface area contributed by atoms with E-state index in [4.69, 9.17) is 4.74 Å². The summed E-state index contributed by atoms with van der Waals surface area (Å²) >= 11 is 0. The van der Waals surface area contributed by atoms with Gasteiger partial charge in [-0.1, -0.05) is 13.8 Å². The molecule has 1 aromatic rings. The molecule has 0 spiro atoms. The van der Waals surface area contributed by atoms with Crippen LogP contribution in [0, 0.1) is 0 Å². The molecule has 19 heavy (non-hydrogen) atoms. The van der Waals surface area contributed by atoms with E-state index in [0.29, 0.717) is 12.0 Å². The fourth-order valence-corrected chi connectivity index (χ4v) is 2.56. The largest absolute Gasteiger partial charge is 0.378 e. The Morgan fingerprint density at radius 1 is 1.21 bits per heavy atom. The van der Waals surface area contributed by atoms with Crippen molar-refractivity contribution < 1.29 is 4.74 Å². The SMILES string of the molecule is CC(C)c1ccnc(N2CCN(C3COC3)CC2)n1. The molecule has 2 fully saturated rings. The molecule has 3 heterocycles. The molecule has 1 aromatic heterocycles. The van der Waals surface area contributed by atoms with Crippen LogP contribution in [0.4, 0.5) is 5.95 Å². The Balaban J connectivity index is 1.62. The van der Waals surface area contributed by atoms with Crippen LogP contribution >= 0.6 is 0 Å². The second-order valence-electron chi connectivity index (χ2n) is 5.65. The first-order valence-electron chi connectivity index (χ1n) is 7.13. The van der Waals surface area contributed by atoms with Crippen molar-refractivity contribution in [1.82, 2.24) is 14.9 Å². The maximum Gasteiger partial charge on any atom is 0.225 e. The minimum Gasteiger partial charge on any atom is -0.378 e. The highest BCUT2D eigenvalue weighted by Gasteiger charge is 2.29. The Morgan fingerprint density at radius 3 is 2.53 bits per heavy atom. The molecule has 0 aromatic carbocycles. The number of aromatic nitrogens is 2. The summed E-state index contributed by atoms with van der Waals surface area (Å²) in [5.74, 6) is 1.34. The zero-order valence-corrected chi connectivity index (χ0v) is 11.7. The molecule has 0 amide bonds. The van der Waals surface area contributed by atoms with E-state index < -0.39 is 0 Å². The fraction of sp³-hybridized carbons (Fsp3) is 0.714. The van der Waals surface area contributed by atoms with Crippen LogP contribution in [0.1, 0.15) is 25.5 Å². The lowest BCUT2D eigenvalue weighted by molar-refractivity contribution is -0.0661. The van der Waals surface area contributed by atoms with Gasteiger partial charge in [0.15, 0.2) is 0 Å². The third-order valence-electron chi connectivity index (χ3n) is 3.99. The van der Waals surface area contributed by atoms with E-state index in [9.17, 15) is 0 Å². The van der Waals surface area contributed by atoms with Crippen LogP contribution in [0.2, 0.25) is 0 Å². The van der Waals surface area contributed by atoms with Gasteiger partial charge in [-0.15, -0.1) is 0 Å². The van der Waals surface area contributed by atoms with Crippen LogP contribution in [0.25, 0.3) is 0 Å². The van der Waals surface area contributed by atoms with Gasteiger partial charge in [-0.25, -0.2) is 9.97 Å². The van der Waals surface area contributed by atoms with Gasteiger partial charge in [-0.2, -0.15) is 0 Å². The van der Waals surface area contributed by atoms with Crippen LogP contribution in [0.5, 0.6) is 0 Å². The lowest BCUT2D eigenvalue weighted by Gasteiger charge is -2.42. The van der Waals surface area contributed by atoms with Gasteiger partial charge in [0.2, 0.25) is 5.95 Å². The minimum absolute atomic E-state index is 0.454. The standard InChI is InChI=1S/C14H22N4O/c1-11(2)13-3-4-15-14(16-13)18-7-5-17(6-8-18)12-9-19-10-12/h3-4,11-12H,5-10H2,1-2H3. The first-order valence-corrected chi connectivity index (χ1v) is 7.13. The van der Waals surface area contributed by atoms with E-state index in [0.717, 1.165) is 51.0 Å². The van der Waals surface area contributed by atoms with Crippen LogP contribution in [-0.4, -0.2) is 60.3 Å². The van der Waals surface area contributed by atoms with Crippen LogP contribution < -0.4 is 4.90 Å².